The first-order chi connectivity index (χ1) is 9.15. The van der Waals surface area contributed by atoms with Crippen LogP contribution in [-0.2, 0) is 6.42 Å². The van der Waals surface area contributed by atoms with E-state index in [-0.39, 0.29) is 17.3 Å². The van der Waals surface area contributed by atoms with Crippen LogP contribution in [0.4, 0.5) is 5.69 Å². The summed E-state index contributed by atoms with van der Waals surface area (Å²) in [5.74, 6) is 0.792. The lowest BCUT2D eigenvalue weighted by Crippen LogP contribution is -2.02. The van der Waals surface area contributed by atoms with E-state index in [1.54, 1.807) is 6.07 Å². The third-order valence-electron chi connectivity index (χ3n) is 2.45. The third kappa shape index (κ3) is 2.68. The minimum atomic E-state index is -0.528. The molecule has 2 aromatic rings. The molecule has 1 aromatic heterocycles. The van der Waals surface area contributed by atoms with E-state index in [1.165, 1.54) is 19.2 Å². The highest BCUT2D eigenvalue weighted by Gasteiger charge is 2.18. The van der Waals surface area contributed by atoms with Gasteiger partial charge in [-0.25, -0.2) is 0 Å². The van der Waals surface area contributed by atoms with Crippen LogP contribution in [0.3, 0.4) is 0 Å². The molecule has 0 aliphatic carbocycles. The number of methoxy groups -OCH3 is 1. The highest BCUT2D eigenvalue weighted by molar-refractivity contribution is 5.62. The second-order valence-corrected chi connectivity index (χ2v) is 3.68. The molecule has 2 N–H and O–H groups in total. The van der Waals surface area contributed by atoms with E-state index in [4.69, 9.17) is 14.9 Å². The highest BCUT2D eigenvalue weighted by atomic mass is 16.6. The molecule has 0 radical (unpaired) electrons. The Kier molecular flexibility index (Phi) is 3.71. The summed E-state index contributed by atoms with van der Waals surface area (Å²) in [6, 6.07) is 4.43. The molecule has 8 nitrogen and oxygen atoms in total. The van der Waals surface area contributed by atoms with Crippen molar-refractivity contribution in [3.05, 3.63) is 34.2 Å². The van der Waals surface area contributed by atoms with Crippen molar-refractivity contribution < 1.29 is 14.1 Å². The van der Waals surface area contributed by atoms with Gasteiger partial charge in [0.2, 0.25) is 11.8 Å². The summed E-state index contributed by atoms with van der Waals surface area (Å²) in [7, 11) is 1.37. The van der Waals surface area contributed by atoms with Crippen LogP contribution < -0.4 is 10.5 Å². The fourth-order valence-corrected chi connectivity index (χ4v) is 1.56. The average Bonchev–Trinajstić information content (AvgIpc) is 2.87. The Morgan fingerprint density at radius 3 is 2.89 bits per heavy atom. The number of benzene rings is 1. The molecule has 0 saturated carbocycles. The molecule has 1 aromatic carbocycles. The predicted molar refractivity (Wildman–Crippen MR) is 65.7 cm³/mol. The summed E-state index contributed by atoms with van der Waals surface area (Å²) in [6.45, 7) is 0.393. The van der Waals surface area contributed by atoms with Crippen molar-refractivity contribution >= 4 is 5.69 Å². The maximum Gasteiger partial charge on any atom is 0.311 e. The van der Waals surface area contributed by atoms with Crippen LogP contribution in [0.5, 0.6) is 5.75 Å². The van der Waals surface area contributed by atoms with Crippen LogP contribution in [0.2, 0.25) is 0 Å². The Labute approximate surface area is 108 Å². The minimum absolute atomic E-state index is 0.154. The van der Waals surface area contributed by atoms with Gasteiger partial charge in [0.15, 0.2) is 5.75 Å². The molecule has 0 aliphatic rings. The topological polar surface area (TPSA) is 117 Å². The van der Waals surface area contributed by atoms with Gasteiger partial charge in [-0.05, 0) is 12.1 Å². The van der Waals surface area contributed by atoms with Gasteiger partial charge in [0, 0.05) is 24.6 Å². The maximum atomic E-state index is 10.9. The lowest BCUT2D eigenvalue weighted by atomic mass is 10.2. The first kappa shape index (κ1) is 13.0. The highest BCUT2D eigenvalue weighted by Crippen LogP contribution is 2.31. The molecular weight excluding hydrogens is 252 g/mol. The van der Waals surface area contributed by atoms with E-state index in [2.05, 4.69) is 10.2 Å². The summed E-state index contributed by atoms with van der Waals surface area (Å²) in [6.07, 6.45) is 0.464. The van der Waals surface area contributed by atoms with Crippen LogP contribution in [0.25, 0.3) is 11.5 Å². The molecule has 8 heteroatoms. The van der Waals surface area contributed by atoms with Crippen LogP contribution >= 0.6 is 0 Å². The van der Waals surface area contributed by atoms with Gasteiger partial charge in [0.25, 0.3) is 0 Å². The number of nitrogens with two attached hydrogens (primary N) is 1. The average molecular weight is 264 g/mol. The molecule has 0 bridgehead atoms. The molecule has 0 unspecified atom stereocenters. The van der Waals surface area contributed by atoms with Crippen molar-refractivity contribution in [2.24, 2.45) is 5.73 Å². The summed E-state index contributed by atoms with van der Waals surface area (Å²) >= 11 is 0. The second-order valence-electron chi connectivity index (χ2n) is 3.68. The molecule has 100 valence electrons. The number of nitro benzene ring substituents is 1. The quantitative estimate of drug-likeness (QED) is 0.635. The van der Waals surface area contributed by atoms with E-state index in [1.807, 2.05) is 0 Å². The van der Waals surface area contributed by atoms with E-state index < -0.39 is 4.92 Å². The molecule has 0 amide bonds. The van der Waals surface area contributed by atoms with E-state index in [0.29, 0.717) is 24.4 Å². The zero-order valence-electron chi connectivity index (χ0n) is 10.2. The minimum Gasteiger partial charge on any atom is -0.490 e. The molecule has 2 rings (SSSR count). The Hall–Kier alpha value is -2.48. The van der Waals surface area contributed by atoms with Crippen LogP contribution in [0.15, 0.2) is 22.6 Å². The Balaban J connectivity index is 2.39. The number of hydrogen-bond donors (Lipinski definition) is 1. The van der Waals surface area contributed by atoms with Gasteiger partial charge in [-0.15, -0.1) is 10.2 Å². The van der Waals surface area contributed by atoms with Crippen molar-refractivity contribution in [2.75, 3.05) is 13.7 Å². The molecule has 0 atom stereocenters. The van der Waals surface area contributed by atoms with E-state index in [9.17, 15) is 10.1 Å². The molecule has 1 heterocycles. The van der Waals surface area contributed by atoms with Crippen molar-refractivity contribution in [2.45, 2.75) is 6.42 Å². The number of nitrogens with zero attached hydrogens (tertiary/aromatic N) is 3. The maximum absolute atomic E-state index is 10.9. The van der Waals surface area contributed by atoms with Gasteiger partial charge in [0.1, 0.15) is 0 Å². The van der Waals surface area contributed by atoms with Crippen LogP contribution in [-0.4, -0.2) is 28.8 Å². The normalized spacial score (nSPS) is 10.4. The Morgan fingerprint density at radius 2 is 2.26 bits per heavy atom. The largest absolute Gasteiger partial charge is 0.490 e. The molecule has 0 spiro atoms. The summed E-state index contributed by atoms with van der Waals surface area (Å²) in [5, 5.41) is 18.5. The molecule has 0 aliphatic heterocycles. The summed E-state index contributed by atoms with van der Waals surface area (Å²) in [5.41, 5.74) is 5.68. The van der Waals surface area contributed by atoms with Crippen LogP contribution in [0, 0.1) is 10.1 Å². The van der Waals surface area contributed by atoms with Crippen molar-refractivity contribution in [3.8, 4) is 17.2 Å². The number of aromatic nitrogens is 2. The predicted octanol–water partition coefficient (Wildman–Crippen LogP) is 1.15. The Morgan fingerprint density at radius 1 is 1.47 bits per heavy atom. The number of ether oxygens (including phenoxy) is 1. The van der Waals surface area contributed by atoms with Crippen molar-refractivity contribution in [1.29, 1.82) is 0 Å². The SMILES string of the molecule is COc1ccc(-c2nnc(CCN)o2)cc1[N+](=O)[O-]. The first-order valence-corrected chi connectivity index (χ1v) is 5.51. The fraction of sp³-hybridized carbons (Fsp3) is 0.273. The van der Waals surface area contributed by atoms with Gasteiger partial charge >= 0.3 is 5.69 Å². The zero-order chi connectivity index (χ0) is 13.8. The molecule has 19 heavy (non-hydrogen) atoms. The molecule has 0 fully saturated rings. The summed E-state index contributed by atoms with van der Waals surface area (Å²) in [4.78, 5) is 10.4. The summed E-state index contributed by atoms with van der Waals surface area (Å²) < 4.78 is 10.3. The lowest BCUT2D eigenvalue weighted by Gasteiger charge is -2.02. The number of rotatable bonds is 5. The van der Waals surface area contributed by atoms with Gasteiger partial charge in [-0.1, -0.05) is 0 Å². The number of nitro groups is 1. The van der Waals surface area contributed by atoms with Gasteiger partial charge in [-0.2, -0.15) is 0 Å². The first-order valence-electron chi connectivity index (χ1n) is 5.51. The van der Waals surface area contributed by atoms with Gasteiger partial charge < -0.3 is 14.9 Å². The zero-order valence-corrected chi connectivity index (χ0v) is 10.2. The smallest absolute Gasteiger partial charge is 0.311 e. The third-order valence-corrected chi connectivity index (χ3v) is 2.45. The molecule has 0 saturated heterocycles. The monoisotopic (exact) mass is 264 g/mol. The van der Waals surface area contributed by atoms with E-state index in [0.717, 1.165) is 0 Å². The second kappa shape index (κ2) is 5.44. The fourth-order valence-electron chi connectivity index (χ4n) is 1.56. The van der Waals surface area contributed by atoms with Gasteiger partial charge in [-0.3, -0.25) is 10.1 Å². The van der Waals surface area contributed by atoms with Gasteiger partial charge in [0.05, 0.1) is 12.0 Å². The van der Waals surface area contributed by atoms with Crippen molar-refractivity contribution in [3.63, 3.8) is 0 Å². The lowest BCUT2D eigenvalue weighted by molar-refractivity contribution is -0.385. The van der Waals surface area contributed by atoms with Crippen molar-refractivity contribution in [1.82, 2.24) is 10.2 Å². The number of hydrogen-bond acceptors (Lipinski definition) is 7. The van der Waals surface area contributed by atoms with E-state index >= 15 is 0 Å². The molecular formula is C11H12N4O4. The standard InChI is InChI=1S/C11H12N4O4/c1-18-9-3-2-7(6-8(9)15(16)17)11-14-13-10(19-11)4-5-12/h2-3,6H,4-5,12H2,1H3. The van der Waals surface area contributed by atoms with Crippen LogP contribution in [0.1, 0.15) is 5.89 Å². The Bertz CT molecular complexity index is 596.